The van der Waals surface area contributed by atoms with Crippen molar-refractivity contribution in [2.24, 2.45) is 5.41 Å². The number of hydrogen-bond donors (Lipinski definition) is 2. The number of methoxy groups -OCH3 is 1. The minimum atomic E-state index is -0.163. The Balaban J connectivity index is 1.93. The first-order valence-corrected chi connectivity index (χ1v) is 6.76. The third-order valence-electron chi connectivity index (χ3n) is 3.68. The molecule has 3 N–H and O–H groups in total. The summed E-state index contributed by atoms with van der Waals surface area (Å²) >= 11 is 5.88. The number of benzene rings is 1. The number of hydrogen-bond acceptors (Lipinski definition) is 3. The van der Waals surface area contributed by atoms with Crippen LogP contribution >= 0.6 is 11.6 Å². The number of halogens is 1. The minimum absolute atomic E-state index is 0.163. The van der Waals surface area contributed by atoms with Crippen LogP contribution in [0.3, 0.4) is 0 Å². The van der Waals surface area contributed by atoms with E-state index in [1.165, 1.54) is 0 Å². The van der Waals surface area contributed by atoms with Gasteiger partial charge in [0, 0.05) is 31.0 Å². The number of carbonyl (C=O) groups excluding carboxylic acids is 1. The summed E-state index contributed by atoms with van der Waals surface area (Å²) in [6.45, 7) is 1.40. The van der Waals surface area contributed by atoms with E-state index in [-0.39, 0.29) is 11.3 Å². The Labute approximate surface area is 118 Å². The van der Waals surface area contributed by atoms with E-state index in [9.17, 15) is 4.79 Å². The summed E-state index contributed by atoms with van der Waals surface area (Å²) in [5, 5.41) is 3.46. The lowest BCUT2D eigenvalue weighted by atomic mass is 10.0. The van der Waals surface area contributed by atoms with Crippen molar-refractivity contribution in [1.29, 1.82) is 0 Å². The molecule has 1 amide bonds. The number of carbonyl (C=O) groups is 1. The topological polar surface area (TPSA) is 64.3 Å². The predicted octanol–water partition coefficient (Wildman–Crippen LogP) is 2.47. The summed E-state index contributed by atoms with van der Waals surface area (Å²) < 4.78 is 5.09. The maximum absolute atomic E-state index is 12.1. The Kier molecular flexibility index (Phi) is 4.32. The summed E-state index contributed by atoms with van der Waals surface area (Å²) in [5.41, 5.74) is 6.89. The van der Waals surface area contributed by atoms with Crippen molar-refractivity contribution >= 4 is 23.2 Å². The van der Waals surface area contributed by atoms with Crippen molar-refractivity contribution < 1.29 is 9.53 Å². The van der Waals surface area contributed by atoms with Gasteiger partial charge in [-0.1, -0.05) is 11.6 Å². The summed E-state index contributed by atoms with van der Waals surface area (Å²) in [6, 6.07) is 4.92. The number of nitrogens with two attached hydrogens (primary N) is 1. The van der Waals surface area contributed by atoms with Crippen LogP contribution in [0.25, 0.3) is 0 Å². The molecule has 0 saturated heterocycles. The predicted molar refractivity (Wildman–Crippen MR) is 76.4 cm³/mol. The molecule has 104 valence electrons. The molecular weight excluding hydrogens is 264 g/mol. The van der Waals surface area contributed by atoms with Crippen molar-refractivity contribution in [3.8, 4) is 0 Å². The molecule has 2 rings (SSSR count). The molecule has 0 spiro atoms. The maximum atomic E-state index is 12.1. The number of rotatable bonds is 6. The highest BCUT2D eigenvalue weighted by molar-refractivity contribution is 6.31. The molecule has 0 aromatic heterocycles. The number of amides is 1. The molecule has 19 heavy (non-hydrogen) atoms. The van der Waals surface area contributed by atoms with Gasteiger partial charge in [0.15, 0.2) is 0 Å². The van der Waals surface area contributed by atoms with E-state index in [0.717, 1.165) is 25.9 Å². The second-order valence-corrected chi connectivity index (χ2v) is 5.59. The van der Waals surface area contributed by atoms with Crippen molar-refractivity contribution in [1.82, 2.24) is 5.32 Å². The number of anilines is 1. The molecular formula is C14H19ClN2O2. The van der Waals surface area contributed by atoms with E-state index in [4.69, 9.17) is 22.1 Å². The molecule has 1 aliphatic rings. The third kappa shape index (κ3) is 3.61. The smallest absolute Gasteiger partial charge is 0.253 e. The zero-order chi connectivity index (χ0) is 13.9. The van der Waals surface area contributed by atoms with Crippen LogP contribution in [-0.4, -0.2) is 26.2 Å². The Morgan fingerprint density at radius 3 is 2.89 bits per heavy atom. The second kappa shape index (κ2) is 5.80. The summed E-state index contributed by atoms with van der Waals surface area (Å²) in [4.78, 5) is 12.1. The number of nitrogen functional groups attached to an aromatic ring is 1. The van der Waals surface area contributed by atoms with Crippen LogP contribution in [0.5, 0.6) is 0 Å². The number of ether oxygens (including phenoxy) is 1. The molecule has 5 heteroatoms. The lowest BCUT2D eigenvalue weighted by molar-refractivity contribution is 0.0939. The SMILES string of the molecule is COCCC1(CNC(=O)c2cc(Cl)ccc2N)CC1. The first-order chi connectivity index (χ1) is 9.06. The first-order valence-electron chi connectivity index (χ1n) is 6.38. The maximum Gasteiger partial charge on any atom is 0.253 e. The lowest BCUT2D eigenvalue weighted by Gasteiger charge is -2.16. The fourth-order valence-electron chi connectivity index (χ4n) is 2.10. The minimum Gasteiger partial charge on any atom is -0.398 e. The fourth-order valence-corrected chi connectivity index (χ4v) is 2.27. The standard InChI is InChI=1S/C14H19ClN2O2/c1-19-7-6-14(4-5-14)9-17-13(18)11-8-10(15)2-3-12(11)16/h2-3,8H,4-7,9,16H2,1H3,(H,17,18). The van der Waals surface area contributed by atoms with Gasteiger partial charge >= 0.3 is 0 Å². The molecule has 1 aliphatic carbocycles. The van der Waals surface area contributed by atoms with E-state index >= 15 is 0 Å². The molecule has 0 bridgehead atoms. The Morgan fingerprint density at radius 2 is 2.26 bits per heavy atom. The summed E-state index contributed by atoms with van der Waals surface area (Å²) in [7, 11) is 1.70. The van der Waals surface area contributed by atoms with Crippen LogP contribution in [0.4, 0.5) is 5.69 Å². The normalized spacial score (nSPS) is 16.1. The van der Waals surface area contributed by atoms with Gasteiger partial charge in [0.2, 0.25) is 0 Å². The van der Waals surface area contributed by atoms with Gasteiger partial charge in [-0.15, -0.1) is 0 Å². The fraction of sp³-hybridized carbons (Fsp3) is 0.500. The quantitative estimate of drug-likeness (QED) is 0.788. The second-order valence-electron chi connectivity index (χ2n) is 5.16. The molecule has 1 aromatic rings. The van der Waals surface area contributed by atoms with E-state index in [1.807, 2.05) is 0 Å². The molecule has 0 radical (unpaired) electrons. The van der Waals surface area contributed by atoms with Gasteiger partial charge in [0.1, 0.15) is 0 Å². The highest BCUT2D eigenvalue weighted by Gasteiger charge is 2.42. The van der Waals surface area contributed by atoms with E-state index < -0.39 is 0 Å². The zero-order valence-corrected chi connectivity index (χ0v) is 11.8. The first kappa shape index (κ1) is 14.2. The highest BCUT2D eigenvalue weighted by Crippen LogP contribution is 2.48. The molecule has 1 fully saturated rings. The Morgan fingerprint density at radius 1 is 1.53 bits per heavy atom. The van der Waals surface area contributed by atoms with E-state index in [2.05, 4.69) is 5.32 Å². The van der Waals surface area contributed by atoms with Gasteiger partial charge in [-0.2, -0.15) is 0 Å². The average Bonchev–Trinajstić information content (AvgIpc) is 3.17. The highest BCUT2D eigenvalue weighted by atomic mass is 35.5. The van der Waals surface area contributed by atoms with Crippen molar-refractivity contribution in [3.05, 3.63) is 28.8 Å². The molecule has 1 aromatic carbocycles. The van der Waals surface area contributed by atoms with Gasteiger partial charge in [-0.05, 0) is 42.9 Å². The van der Waals surface area contributed by atoms with Gasteiger partial charge in [0.25, 0.3) is 5.91 Å². The Hall–Kier alpha value is -1.26. The zero-order valence-electron chi connectivity index (χ0n) is 11.0. The molecule has 1 saturated carbocycles. The molecule has 0 unspecified atom stereocenters. The van der Waals surface area contributed by atoms with Gasteiger partial charge in [-0.25, -0.2) is 0 Å². The van der Waals surface area contributed by atoms with Crippen LogP contribution < -0.4 is 11.1 Å². The lowest BCUT2D eigenvalue weighted by Crippen LogP contribution is -2.31. The van der Waals surface area contributed by atoms with Crippen molar-refractivity contribution in [2.75, 3.05) is 26.0 Å². The van der Waals surface area contributed by atoms with Crippen LogP contribution in [-0.2, 0) is 4.74 Å². The van der Waals surface area contributed by atoms with Crippen molar-refractivity contribution in [2.45, 2.75) is 19.3 Å². The van der Waals surface area contributed by atoms with Crippen LogP contribution in [0.15, 0.2) is 18.2 Å². The number of nitrogens with one attached hydrogen (secondary N) is 1. The molecule has 0 heterocycles. The van der Waals surface area contributed by atoms with Crippen LogP contribution in [0.2, 0.25) is 5.02 Å². The monoisotopic (exact) mass is 282 g/mol. The van der Waals surface area contributed by atoms with Gasteiger partial charge < -0.3 is 15.8 Å². The average molecular weight is 283 g/mol. The van der Waals surface area contributed by atoms with Crippen LogP contribution in [0.1, 0.15) is 29.6 Å². The van der Waals surface area contributed by atoms with Gasteiger partial charge in [0.05, 0.1) is 5.56 Å². The summed E-state index contributed by atoms with van der Waals surface area (Å²) in [5.74, 6) is -0.163. The van der Waals surface area contributed by atoms with Crippen molar-refractivity contribution in [3.63, 3.8) is 0 Å². The van der Waals surface area contributed by atoms with Gasteiger partial charge in [-0.3, -0.25) is 4.79 Å². The Bertz CT molecular complexity index is 473. The largest absolute Gasteiger partial charge is 0.398 e. The van der Waals surface area contributed by atoms with E-state index in [1.54, 1.807) is 25.3 Å². The van der Waals surface area contributed by atoms with Crippen LogP contribution in [0, 0.1) is 5.41 Å². The molecule has 4 nitrogen and oxygen atoms in total. The summed E-state index contributed by atoms with van der Waals surface area (Å²) in [6.07, 6.45) is 3.26. The third-order valence-corrected chi connectivity index (χ3v) is 3.91. The molecule has 0 atom stereocenters. The van der Waals surface area contributed by atoms with E-state index in [0.29, 0.717) is 22.8 Å². The molecule has 0 aliphatic heterocycles.